The monoisotopic (exact) mass is 170 g/mol. The zero-order chi connectivity index (χ0) is 8.97. The molecule has 0 unspecified atom stereocenters. The summed E-state index contributed by atoms with van der Waals surface area (Å²) in [6, 6.07) is 0. The Morgan fingerprint density at radius 3 is 3.00 bits per heavy atom. The van der Waals surface area contributed by atoms with Gasteiger partial charge in [0.25, 0.3) is 0 Å². The van der Waals surface area contributed by atoms with Gasteiger partial charge < -0.3 is 5.32 Å². The molecule has 4 heteroatoms. The third-order valence-corrected chi connectivity index (χ3v) is 1.98. The maximum Gasteiger partial charge on any atom is 0.233 e. The summed E-state index contributed by atoms with van der Waals surface area (Å²) in [7, 11) is 1.61. The van der Waals surface area contributed by atoms with E-state index in [0.717, 1.165) is 13.0 Å². The van der Waals surface area contributed by atoms with Crippen molar-refractivity contribution >= 4 is 11.7 Å². The molecule has 0 aliphatic carbocycles. The Labute approximate surface area is 71.9 Å². The summed E-state index contributed by atoms with van der Waals surface area (Å²) < 4.78 is 0. The van der Waals surface area contributed by atoms with Crippen LogP contribution >= 0.6 is 0 Å². The zero-order valence-corrected chi connectivity index (χ0v) is 7.30. The van der Waals surface area contributed by atoms with Gasteiger partial charge in [-0.1, -0.05) is 0 Å². The number of likely N-dealkylation sites (N-methyl/N-ethyl adjacent to an activating group) is 1. The van der Waals surface area contributed by atoms with Crippen LogP contribution in [0.3, 0.4) is 0 Å². The second-order valence-electron chi connectivity index (χ2n) is 3.03. The minimum absolute atomic E-state index is 0.0234. The molecule has 1 rings (SSSR count). The summed E-state index contributed by atoms with van der Waals surface area (Å²) in [5.74, 6) is 0.217. The van der Waals surface area contributed by atoms with E-state index in [1.165, 1.54) is 0 Å². The third-order valence-electron chi connectivity index (χ3n) is 1.98. The van der Waals surface area contributed by atoms with E-state index in [2.05, 4.69) is 5.32 Å². The normalized spacial score (nSPS) is 19.2. The topological polar surface area (TPSA) is 49.4 Å². The second-order valence-corrected chi connectivity index (χ2v) is 3.03. The largest absolute Gasteiger partial charge is 0.358 e. The fraction of sp³-hybridized carbons (Fsp3) is 0.750. The maximum atomic E-state index is 11.0. The first-order valence-corrected chi connectivity index (χ1v) is 4.17. The summed E-state index contributed by atoms with van der Waals surface area (Å²) in [5, 5.41) is 2.54. The fourth-order valence-electron chi connectivity index (χ4n) is 1.32. The Morgan fingerprint density at radius 2 is 2.42 bits per heavy atom. The van der Waals surface area contributed by atoms with Crippen LogP contribution in [-0.4, -0.2) is 43.3 Å². The smallest absolute Gasteiger partial charge is 0.233 e. The van der Waals surface area contributed by atoms with Crippen molar-refractivity contribution in [3.63, 3.8) is 0 Å². The van der Waals surface area contributed by atoms with Crippen molar-refractivity contribution in [2.24, 2.45) is 0 Å². The van der Waals surface area contributed by atoms with Crippen LogP contribution in [0.2, 0.25) is 0 Å². The standard InChI is InChI=1S/C8H14N2O2/c1-9-8(12)6-10-4-2-3-7(11)5-10/h2-6H2,1H3,(H,9,12). The Balaban J connectivity index is 2.32. The number of carbonyl (C=O) groups is 2. The fourth-order valence-corrected chi connectivity index (χ4v) is 1.32. The van der Waals surface area contributed by atoms with Crippen LogP contribution in [-0.2, 0) is 9.59 Å². The van der Waals surface area contributed by atoms with Crippen molar-refractivity contribution in [2.75, 3.05) is 26.7 Å². The van der Waals surface area contributed by atoms with Crippen molar-refractivity contribution in [2.45, 2.75) is 12.8 Å². The lowest BCUT2D eigenvalue weighted by atomic mass is 10.1. The number of Topliss-reactive ketones (excluding diaryl/α,β-unsaturated/α-hetero) is 1. The lowest BCUT2D eigenvalue weighted by Gasteiger charge is -2.24. The molecule has 1 aliphatic heterocycles. The molecular weight excluding hydrogens is 156 g/mol. The van der Waals surface area contributed by atoms with E-state index in [9.17, 15) is 9.59 Å². The number of rotatable bonds is 2. The van der Waals surface area contributed by atoms with Gasteiger partial charge in [-0.05, 0) is 13.0 Å². The van der Waals surface area contributed by atoms with Crippen molar-refractivity contribution in [1.29, 1.82) is 0 Å². The van der Waals surface area contributed by atoms with E-state index >= 15 is 0 Å². The lowest BCUT2D eigenvalue weighted by Crippen LogP contribution is -2.41. The molecular formula is C8H14N2O2. The number of hydrogen-bond donors (Lipinski definition) is 1. The summed E-state index contributed by atoms with van der Waals surface area (Å²) in [4.78, 5) is 23.8. The number of nitrogens with one attached hydrogen (secondary N) is 1. The molecule has 1 N–H and O–H groups in total. The number of likely N-dealkylation sites (tertiary alicyclic amines) is 1. The minimum atomic E-state index is -0.0234. The van der Waals surface area contributed by atoms with Crippen LogP contribution in [0.1, 0.15) is 12.8 Å². The highest BCUT2D eigenvalue weighted by Gasteiger charge is 2.17. The molecule has 1 saturated heterocycles. The summed E-state index contributed by atoms with van der Waals surface area (Å²) in [6.45, 7) is 1.65. The summed E-state index contributed by atoms with van der Waals surface area (Å²) in [6.07, 6.45) is 1.56. The van der Waals surface area contributed by atoms with E-state index < -0.39 is 0 Å². The van der Waals surface area contributed by atoms with E-state index in [0.29, 0.717) is 19.5 Å². The van der Waals surface area contributed by atoms with Gasteiger partial charge in [-0.3, -0.25) is 14.5 Å². The molecule has 12 heavy (non-hydrogen) atoms. The number of hydrogen-bond acceptors (Lipinski definition) is 3. The highest BCUT2D eigenvalue weighted by molar-refractivity contribution is 5.83. The van der Waals surface area contributed by atoms with Crippen LogP contribution in [0.5, 0.6) is 0 Å². The third kappa shape index (κ3) is 2.62. The molecule has 0 aromatic rings. The predicted octanol–water partition coefficient (Wildman–Crippen LogP) is -0.603. The van der Waals surface area contributed by atoms with Gasteiger partial charge in [-0.25, -0.2) is 0 Å². The van der Waals surface area contributed by atoms with Gasteiger partial charge in [0.15, 0.2) is 0 Å². The molecule has 0 saturated carbocycles. The lowest BCUT2D eigenvalue weighted by molar-refractivity contribution is -0.125. The van der Waals surface area contributed by atoms with Gasteiger partial charge in [0.05, 0.1) is 13.1 Å². The summed E-state index contributed by atoms with van der Waals surface area (Å²) >= 11 is 0. The van der Waals surface area contributed by atoms with Crippen LogP contribution in [0, 0.1) is 0 Å². The molecule has 4 nitrogen and oxygen atoms in total. The first-order valence-electron chi connectivity index (χ1n) is 4.17. The number of ketones is 1. The predicted molar refractivity (Wildman–Crippen MR) is 44.7 cm³/mol. The first-order chi connectivity index (χ1) is 5.72. The molecule has 1 amide bonds. The van der Waals surface area contributed by atoms with Gasteiger partial charge in [0.2, 0.25) is 5.91 Å². The van der Waals surface area contributed by atoms with Crippen molar-refractivity contribution in [3.05, 3.63) is 0 Å². The molecule has 0 aromatic heterocycles. The zero-order valence-electron chi connectivity index (χ0n) is 7.30. The van der Waals surface area contributed by atoms with Gasteiger partial charge in [0, 0.05) is 13.5 Å². The molecule has 0 atom stereocenters. The molecule has 68 valence electrons. The highest BCUT2D eigenvalue weighted by atomic mass is 16.2. The average Bonchev–Trinajstić information content (AvgIpc) is 2.04. The van der Waals surface area contributed by atoms with Crippen LogP contribution in [0.25, 0.3) is 0 Å². The number of piperidine rings is 1. The molecule has 0 radical (unpaired) electrons. The van der Waals surface area contributed by atoms with Crippen molar-refractivity contribution in [1.82, 2.24) is 10.2 Å². The Hall–Kier alpha value is -0.900. The number of amides is 1. The second kappa shape index (κ2) is 4.21. The van der Waals surface area contributed by atoms with E-state index in [4.69, 9.17) is 0 Å². The van der Waals surface area contributed by atoms with Gasteiger partial charge in [-0.15, -0.1) is 0 Å². The van der Waals surface area contributed by atoms with Crippen LogP contribution in [0.15, 0.2) is 0 Å². The van der Waals surface area contributed by atoms with E-state index in [-0.39, 0.29) is 11.7 Å². The quantitative estimate of drug-likeness (QED) is 0.602. The van der Waals surface area contributed by atoms with Crippen LogP contribution < -0.4 is 5.32 Å². The molecule has 0 bridgehead atoms. The van der Waals surface area contributed by atoms with Crippen molar-refractivity contribution in [3.8, 4) is 0 Å². The molecule has 1 aliphatic rings. The maximum absolute atomic E-state index is 11.0. The Morgan fingerprint density at radius 1 is 1.67 bits per heavy atom. The van der Waals surface area contributed by atoms with Gasteiger partial charge >= 0.3 is 0 Å². The van der Waals surface area contributed by atoms with Crippen molar-refractivity contribution < 1.29 is 9.59 Å². The summed E-state index contributed by atoms with van der Waals surface area (Å²) in [5.41, 5.74) is 0. The van der Waals surface area contributed by atoms with Gasteiger partial charge in [0.1, 0.15) is 5.78 Å². The minimum Gasteiger partial charge on any atom is -0.358 e. The Kier molecular flexibility index (Phi) is 3.22. The molecule has 0 spiro atoms. The number of nitrogens with zero attached hydrogens (tertiary/aromatic N) is 1. The number of carbonyl (C=O) groups excluding carboxylic acids is 2. The Bertz CT molecular complexity index is 191. The van der Waals surface area contributed by atoms with Crippen LogP contribution in [0.4, 0.5) is 0 Å². The van der Waals surface area contributed by atoms with Gasteiger partial charge in [-0.2, -0.15) is 0 Å². The average molecular weight is 170 g/mol. The molecule has 0 aromatic carbocycles. The molecule has 1 heterocycles. The van der Waals surface area contributed by atoms with E-state index in [1.807, 2.05) is 4.90 Å². The SMILES string of the molecule is CNC(=O)CN1CCCC(=O)C1. The molecule has 1 fully saturated rings. The highest BCUT2D eigenvalue weighted by Crippen LogP contribution is 2.04. The first kappa shape index (κ1) is 9.19. The van der Waals surface area contributed by atoms with E-state index in [1.54, 1.807) is 7.05 Å².